The van der Waals surface area contributed by atoms with Gasteiger partial charge in [-0.05, 0) is 64.3 Å². The first-order valence-electron chi connectivity index (χ1n) is 10.9. The van der Waals surface area contributed by atoms with E-state index in [0.717, 1.165) is 39.2 Å². The van der Waals surface area contributed by atoms with Crippen molar-refractivity contribution in [1.82, 2.24) is 20.1 Å². The minimum absolute atomic E-state index is 0.0278. The van der Waals surface area contributed by atoms with Gasteiger partial charge < -0.3 is 14.8 Å². The summed E-state index contributed by atoms with van der Waals surface area (Å²) in [6.07, 6.45) is 0.592. The predicted octanol–water partition coefficient (Wildman–Crippen LogP) is 3.79. The maximum Gasteiger partial charge on any atom is 0.220 e. The Morgan fingerprint density at radius 3 is 2.39 bits per heavy atom. The molecule has 3 aromatic rings. The lowest BCUT2D eigenvalue weighted by molar-refractivity contribution is -0.140. The maximum absolute atomic E-state index is 12.4. The molecule has 7 heteroatoms. The Kier molecular flexibility index (Phi) is 7.76. The van der Waals surface area contributed by atoms with E-state index in [9.17, 15) is 4.79 Å². The van der Waals surface area contributed by atoms with Crippen LogP contribution in [0.1, 0.15) is 42.8 Å². The fraction of sp³-hybridized carbons (Fsp3) is 0.458. The summed E-state index contributed by atoms with van der Waals surface area (Å²) in [5, 5.41) is 8.69. The molecule has 3 rings (SSSR count). The highest BCUT2D eigenvalue weighted by Gasteiger charge is 2.18. The fourth-order valence-electron chi connectivity index (χ4n) is 3.89. The molecule has 1 aromatic carbocycles. The number of aromatic nitrogens is 3. The average molecular weight is 425 g/mol. The summed E-state index contributed by atoms with van der Waals surface area (Å²) in [6, 6.07) is 10.0. The number of para-hydroxylation sites is 1. The number of amides is 1. The SMILES string of the molecule is CCOC(CNC(=O)CCc1c(C)nc2c(c(C)nn2-c2ccccc2)c1C)OCC. The zero-order chi connectivity index (χ0) is 22.4. The first-order chi connectivity index (χ1) is 15.0. The van der Waals surface area contributed by atoms with E-state index in [-0.39, 0.29) is 5.91 Å². The van der Waals surface area contributed by atoms with Crippen LogP contribution < -0.4 is 5.32 Å². The Bertz CT molecular complexity index is 1020. The summed E-state index contributed by atoms with van der Waals surface area (Å²) in [7, 11) is 0. The van der Waals surface area contributed by atoms with Crippen LogP contribution in [0.25, 0.3) is 16.7 Å². The van der Waals surface area contributed by atoms with E-state index >= 15 is 0 Å². The van der Waals surface area contributed by atoms with Crippen LogP contribution in [0.15, 0.2) is 30.3 Å². The number of pyridine rings is 1. The molecule has 0 saturated carbocycles. The number of benzene rings is 1. The van der Waals surface area contributed by atoms with Crippen LogP contribution in [-0.4, -0.2) is 46.7 Å². The molecule has 0 aliphatic heterocycles. The van der Waals surface area contributed by atoms with Crippen molar-refractivity contribution < 1.29 is 14.3 Å². The molecule has 7 nitrogen and oxygen atoms in total. The monoisotopic (exact) mass is 424 g/mol. The lowest BCUT2D eigenvalue weighted by Crippen LogP contribution is -2.35. The quantitative estimate of drug-likeness (QED) is 0.501. The molecule has 2 aromatic heterocycles. The van der Waals surface area contributed by atoms with Crippen molar-refractivity contribution >= 4 is 16.9 Å². The number of aryl methyl sites for hydroxylation is 3. The standard InChI is InChI=1S/C24H32N4O3/c1-6-30-22(31-7-2)15-25-21(29)14-13-20-16(3)23-18(5)27-28(24(23)26-17(20)4)19-11-9-8-10-12-19/h8-12,22H,6-7,13-15H2,1-5H3,(H,25,29). The van der Waals surface area contributed by atoms with Gasteiger partial charge in [-0.2, -0.15) is 5.10 Å². The Morgan fingerprint density at radius 1 is 1.06 bits per heavy atom. The second-order valence-electron chi connectivity index (χ2n) is 7.48. The van der Waals surface area contributed by atoms with Gasteiger partial charge in [0.05, 0.1) is 17.9 Å². The third kappa shape index (κ3) is 5.29. The molecule has 2 heterocycles. The number of carbonyl (C=O) groups is 1. The van der Waals surface area contributed by atoms with Gasteiger partial charge in [-0.3, -0.25) is 4.79 Å². The summed E-state index contributed by atoms with van der Waals surface area (Å²) in [6.45, 7) is 11.3. The largest absolute Gasteiger partial charge is 0.351 e. The number of hydrogen-bond acceptors (Lipinski definition) is 5. The van der Waals surface area contributed by atoms with Crippen molar-refractivity contribution in [3.05, 3.63) is 52.8 Å². The van der Waals surface area contributed by atoms with Gasteiger partial charge in [-0.1, -0.05) is 18.2 Å². The zero-order valence-electron chi connectivity index (χ0n) is 19.1. The van der Waals surface area contributed by atoms with Gasteiger partial charge in [-0.15, -0.1) is 0 Å². The number of hydrogen-bond donors (Lipinski definition) is 1. The van der Waals surface area contributed by atoms with Gasteiger partial charge in [0, 0.05) is 30.7 Å². The number of nitrogens with zero attached hydrogens (tertiary/aromatic N) is 3. The van der Waals surface area contributed by atoms with Crippen LogP contribution in [0.3, 0.4) is 0 Å². The summed E-state index contributed by atoms with van der Waals surface area (Å²) in [5.74, 6) is -0.0278. The van der Waals surface area contributed by atoms with Crippen LogP contribution in [0.5, 0.6) is 0 Å². The molecule has 0 aliphatic rings. The second kappa shape index (κ2) is 10.5. The van der Waals surface area contributed by atoms with E-state index in [0.29, 0.717) is 32.6 Å². The van der Waals surface area contributed by atoms with Crippen molar-refractivity contribution in [2.75, 3.05) is 19.8 Å². The molecule has 0 saturated heterocycles. The third-order valence-corrected chi connectivity index (χ3v) is 5.35. The van der Waals surface area contributed by atoms with Gasteiger partial charge in [0.2, 0.25) is 5.91 Å². The molecule has 0 radical (unpaired) electrons. The molecular weight excluding hydrogens is 392 g/mol. The molecule has 0 unspecified atom stereocenters. The molecule has 0 fully saturated rings. The summed E-state index contributed by atoms with van der Waals surface area (Å²) in [4.78, 5) is 17.3. The van der Waals surface area contributed by atoms with Crippen molar-refractivity contribution in [2.45, 2.75) is 53.8 Å². The van der Waals surface area contributed by atoms with Gasteiger partial charge in [0.25, 0.3) is 0 Å². The number of rotatable bonds is 10. The van der Waals surface area contributed by atoms with Gasteiger partial charge in [-0.25, -0.2) is 9.67 Å². The minimum atomic E-state index is -0.410. The second-order valence-corrected chi connectivity index (χ2v) is 7.48. The van der Waals surface area contributed by atoms with E-state index < -0.39 is 6.29 Å². The van der Waals surface area contributed by atoms with Gasteiger partial charge >= 0.3 is 0 Å². The molecule has 0 aliphatic carbocycles. The predicted molar refractivity (Wildman–Crippen MR) is 121 cm³/mol. The molecule has 31 heavy (non-hydrogen) atoms. The van der Waals surface area contributed by atoms with Crippen molar-refractivity contribution in [1.29, 1.82) is 0 Å². The van der Waals surface area contributed by atoms with E-state index in [1.165, 1.54) is 0 Å². The Balaban J connectivity index is 1.76. The number of carbonyl (C=O) groups excluding carboxylic acids is 1. The highest BCUT2D eigenvalue weighted by Crippen LogP contribution is 2.28. The molecule has 0 spiro atoms. The third-order valence-electron chi connectivity index (χ3n) is 5.35. The summed E-state index contributed by atoms with van der Waals surface area (Å²) < 4.78 is 12.8. The Hall–Kier alpha value is -2.77. The smallest absolute Gasteiger partial charge is 0.220 e. The Morgan fingerprint density at radius 2 is 1.74 bits per heavy atom. The number of nitrogens with one attached hydrogen (secondary N) is 1. The van der Waals surface area contributed by atoms with Crippen LogP contribution in [0, 0.1) is 20.8 Å². The molecule has 1 N–H and O–H groups in total. The highest BCUT2D eigenvalue weighted by atomic mass is 16.7. The molecule has 166 valence electrons. The summed E-state index contributed by atoms with van der Waals surface area (Å²) in [5.41, 5.74) is 5.93. The van der Waals surface area contributed by atoms with Crippen LogP contribution in [0.4, 0.5) is 0 Å². The fourth-order valence-corrected chi connectivity index (χ4v) is 3.89. The van der Waals surface area contributed by atoms with E-state index in [2.05, 4.69) is 12.2 Å². The normalized spacial score (nSPS) is 11.4. The van der Waals surface area contributed by atoms with Gasteiger partial charge in [0.15, 0.2) is 11.9 Å². The molecule has 0 atom stereocenters. The van der Waals surface area contributed by atoms with Crippen LogP contribution in [-0.2, 0) is 20.7 Å². The zero-order valence-corrected chi connectivity index (χ0v) is 19.1. The van der Waals surface area contributed by atoms with Crippen LogP contribution in [0.2, 0.25) is 0 Å². The minimum Gasteiger partial charge on any atom is -0.351 e. The van der Waals surface area contributed by atoms with Crippen molar-refractivity contribution in [2.24, 2.45) is 0 Å². The van der Waals surface area contributed by atoms with E-state index in [1.807, 2.05) is 62.7 Å². The number of ether oxygens (including phenoxy) is 2. The van der Waals surface area contributed by atoms with Gasteiger partial charge in [0.1, 0.15) is 0 Å². The highest BCUT2D eigenvalue weighted by molar-refractivity contribution is 5.85. The topological polar surface area (TPSA) is 78.3 Å². The first-order valence-corrected chi connectivity index (χ1v) is 10.9. The van der Waals surface area contributed by atoms with E-state index in [4.69, 9.17) is 19.6 Å². The average Bonchev–Trinajstić information content (AvgIpc) is 3.09. The summed E-state index contributed by atoms with van der Waals surface area (Å²) >= 11 is 0. The lowest BCUT2D eigenvalue weighted by Gasteiger charge is -2.17. The first kappa shape index (κ1) is 22.9. The number of fused-ring (bicyclic) bond motifs is 1. The van der Waals surface area contributed by atoms with E-state index in [1.54, 1.807) is 0 Å². The Labute approximate surface area is 183 Å². The van der Waals surface area contributed by atoms with Crippen molar-refractivity contribution in [3.8, 4) is 5.69 Å². The maximum atomic E-state index is 12.4. The lowest BCUT2D eigenvalue weighted by atomic mass is 9.99. The molecule has 0 bridgehead atoms. The molecular formula is C24H32N4O3. The molecule has 1 amide bonds. The van der Waals surface area contributed by atoms with Crippen molar-refractivity contribution in [3.63, 3.8) is 0 Å². The van der Waals surface area contributed by atoms with Crippen LogP contribution >= 0.6 is 0 Å².